The summed E-state index contributed by atoms with van der Waals surface area (Å²) in [5.41, 5.74) is 15.3. The van der Waals surface area contributed by atoms with E-state index in [1.54, 1.807) is 0 Å². The van der Waals surface area contributed by atoms with Crippen molar-refractivity contribution in [1.29, 1.82) is 0 Å². The molecule has 1 aromatic rings. The van der Waals surface area contributed by atoms with Gasteiger partial charge in [-0.1, -0.05) is 44.2 Å². The van der Waals surface area contributed by atoms with Crippen molar-refractivity contribution in [3.05, 3.63) is 23.8 Å². The van der Waals surface area contributed by atoms with E-state index in [1.165, 1.54) is 76.2 Å². The minimum absolute atomic E-state index is 0.607. The van der Waals surface area contributed by atoms with E-state index < -0.39 is 0 Å². The van der Waals surface area contributed by atoms with E-state index in [9.17, 15) is 0 Å². The Hall–Kier alpha value is -1.22. The van der Waals surface area contributed by atoms with Crippen molar-refractivity contribution in [3.8, 4) is 0 Å². The number of anilines is 2. The smallest absolute Gasteiger partial charge is 0.0583 e. The molecule has 1 unspecified atom stereocenters. The Morgan fingerprint density at radius 2 is 1.38 bits per heavy atom. The summed E-state index contributed by atoms with van der Waals surface area (Å²) in [5, 5.41) is 0. The van der Waals surface area contributed by atoms with Crippen LogP contribution in [0.3, 0.4) is 0 Å². The topological polar surface area (TPSA) is 55.3 Å². The van der Waals surface area contributed by atoms with Crippen LogP contribution in [0.2, 0.25) is 0 Å². The van der Waals surface area contributed by atoms with Crippen LogP contribution in [0.25, 0.3) is 0 Å². The van der Waals surface area contributed by atoms with Crippen LogP contribution >= 0.6 is 0 Å². The van der Waals surface area contributed by atoms with Crippen LogP contribution in [-0.2, 0) is 0 Å². The zero-order valence-corrected chi connectivity index (χ0v) is 14.9. The summed E-state index contributed by atoms with van der Waals surface area (Å²) in [4.78, 5) is 2.95. The van der Waals surface area contributed by atoms with Gasteiger partial charge in [-0.15, -0.1) is 0 Å². The number of benzene rings is 1. The van der Waals surface area contributed by atoms with E-state index in [-0.39, 0.29) is 0 Å². The molecule has 0 amide bonds. The van der Waals surface area contributed by atoms with Gasteiger partial charge in [0.1, 0.15) is 0 Å². The highest BCUT2D eigenvalue weighted by Crippen LogP contribution is 2.47. The summed E-state index contributed by atoms with van der Waals surface area (Å²) in [6, 6.07) is 8.61. The van der Waals surface area contributed by atoms with Crippen LogP contribution in [0.4, 0.5) is 11.4 Å². The van der Waals surface area contributed by atoms with Crippen LogP contribution in [0, 0.1) is 0 Å². The Kier molecular flexibility index (Phi) is 4.71. The number of hydrogen-bond acceptors (Lipinski definition) is 3. The van der Waals surface area contributed by atoms with Crippen molar-refractivity contribution in [2.75, 3.05) is 11.5 Å². The van der Waals surface area contributed by atoms with Crippen LogP contribution < -0.4 is 11.5 Å². The number of fused-ring (bicyclic) bond motifs is 2. The third kappa shape index (κ3) is 3.03. The average Bonchev–Trinajstić information content (AvgIpc) is 2.80. The van der Waals surface area contributed by atoms with E-state index in [0.717, 1.165) is 29.5 Å². The second-order valence-corrected chi connectivity index (χ2v) is 8.35. The maximum atomic E-state index is 6.30. The maximum absolute atomic E-state index is 6.30. The molecule has 1 aliphatic carbocycles. The molecule has 3 heteroatoms. The van der Waals surface area contributed by atoms with E-state index in [1.807, 2.05) is 6.07 Å². The lowest BCUT2D eigenvalue weighted by Crippen LogP contribution is -2.48. The molecule has 2 saturated heterocycles. The third-order valence-electron chi connectivity index (χ3n) is 6.90. The number of nitrogens with zero attached hydrogens (tertiary/aromatic N) is 1. The SMILES string of the molecule is Nc1cccc(C2C[C@H]3CC[C@@H](C2)N3C2CCCCCCC2)c1N. The summed E-state index contributed by atoms with van der Waals surface area (Å²) in [5.74, 6) is 0.607. The molecule has 0 radical (unpaired) electrons. The molecule has 24 heavy (non-hydrogen) atoms. The molecular weight excluding hydrogens is 294 g/mol. The molecule has 4 rings (SSSR count). The van der Waals surface area contributed by atoms with Crippen LogP contribution in [0.1, 0.15) is 82.1 Å². The zero-order valence-electron chi connectivity index (χ0n) is 14.9. The standard InChI is InChI=1S/C21H33N3/c22-20-10-6-9-19(21(20)23)15-13-17-11-12-18(14-15)24(17)16-7-4-2-1-3-5-8-16/h6,9-10,15-18H,1-5,7-8,11-14,22-23H2/t15?,17-,18+. The van der Waals surface area contributed by atoms with Crippen molar-refractivity contribution in [2.24, 2.45) is 0 Å². The molecule has 2 heterocycles. The minimum Gasteiger partial charge on any atom is -0.397 e. The van der Waals surface area contributed by atoms with E-state index >= 15 is 0 Å². The van der Waals surface area contributed by atoms with Crippen LogP contribution in [0.5, 0.6) is 0 Å². The van der Waals surface area contributed by atoms with Crippen molar-refractivity contribution in [1.82, 2.24) is 4.90 Å². The largest absolute Gasteiger partial charge is 0.397 e. The molecule has 4 N–H and O–H groups in total. The fourth-order valence-electron chi connectivity index (χ4n) is 5.75. The molecule has 1 aromatic carbocycles. The number of piperidine rings is 1. The van der Waals surface area contributed by atoms with Gasteiger partial charge in [-0.3, -0.25) is 4.90 Å². The minimum atomic E-state index is 0.607. The van der Waals surface area contributed by atoms with Gasteiger partial charge in [0.25, 0.3) is 0 Å². The van der Waals surface area contributed by atoms with Crippen molar-refractivity contribution < 1.29 is 0 Å². The number of rotatable bonds is 2. The molecule has 3 nitrogen and oxygen atoms in total. The zero-order chi connectivity index (χ0) is 16.5. The fraction of sp³-hybridized carbons (Fsp3) is 0.714. The molecule has 3 fully saturated rings. The van der Waals surface area contributed by atoms with Gasteiger partial charge in [-0.05, 0) is 56.1 Å². The first kappa shape index (κ1) is 16.3. The maximum Gasteiger partial charge on any atom is 0.0583 e. The Bertz CT molecular complexity index is 548. The summed E-state index contributed by atoms with van der Waals surface area (Å²) < 4.78 is 0. The number of nitrogen functional groups attached to an aromatic ring is 2. The lowest BCUT2D eigenvalue weighted by molar-refractivity contribution is 0.0622. The van der Waals surface area contributed by atoms with E-state index in [4.69, 9.17) is 11.5 Å². The van der Waals surface area contributed by atoms with Gasteiger partial charge < -0.3 is 11.5 Å². The fourth-order valence-corrected chi connectivity index (χ4v) is 5.75. The second kappa shape index (κ2) is 6.95. The average molecular weight is 328 g/mol. The lowest BCUT2D eigenvalue weighted by atomic mass is 9.82. The molecule has 2 aliphatic heterocycles. The van der Waals surface area contributed by atoms with E-state index in [0.29, 0.717) is 5.92 Å². The molecule has 1 saturated carbocycles. The predicted octanol–water partition coefficient (Wildman–Crippen LogP) is 4.67. The summed E-state index contributed by atoms with van der Waals surface area (Å²) in [7, 11) is 0. The van der Waals surface area contributed by atoms with Crippen molar-refractivity contribution in [2.45, 2.75) is 94.7 Å². The van der Waals surface area contributed by atoms with Gasteiger partial charge in [-0.25, -0.2) is 0 Å². The van der Waals surface area contributed by atoms with Gasteiger partial charge in [0.15, 0.2) is 0 Å². The van der Waals surface area contributed by atoms with Gasteiger partial charge in [0.2, 0.25) is 0 Å². The summed E-state index contributed by atoms with van der Waals surface area (Å²) in [6.07, 6.45) is 15.4. The monoisotopic (exact) mass is 327 g/mol. The highest BCUT2D eigenvalue weighted by Gasteiger charge is 2.44. The Balaban J connectivity index is 1.50. The summed E-state index contributed by atoms with van der Waals surface area (Å²) >= 11 is 0. The normalized spacial score (nSPS) is 32.4. The highest BCUT2D eigenvalue weighted by molar-refractivity contribution is 5.68. The lowest BCUT2D eigenvalue weighted by Gasteiger charge is -2.44. The molecule has 2 bridgehead atoms. The third-order valence-corrected chi connectivity index (χ3v) is 6.90. The number of hydrogen-bond donors (Lipinski definition) is 2. The summed E-state index contributed by atoms with van der Waals surface area (Å²) in [6.45, 7) is 0. The molecule has 132 valence electrons. The van der Waals surface area contributed by atoms with Gasteiger partial charge in [0.05, 0.1) is 11.4 Å². The Morgan fingerprint density at radius 1 is 0.750 bits per heavy atom. The van der Waals surface area contributed by atoms with Crippen molar-refractivity contribution >= 4 is 11.4 Å². The van der Waals surface area contributed by atoms with Crippen molar-refractivity contribution in [3.63, 3.8) is 0 Å². The number of nitrogens with two attached hydrogens (primary N) is 2. The number of para-hydroxylation sites is 1. The quantitative estimate of drug-likeness (QED) is 0.776. The molecule has 3 atom stereocenters. The van der Waals surface area contributed by atoms with Gasteiger partial charge in [-0.2, -0.15) is 0 Å². The van der Waals surface area contributed by atoms with Gasteiger partial charge in [0, 0.05) is 18.1 Å². The molecule has 0 spiro atoms. The first-order valence-corrected chi connectivity index (χ1v) is 10.2. The molecule has 3 aliphatic rings. The first-order chi connectivity index (χ1) is 11.7. The Labute approximate surface area is 146 Å². The Morgan fingerprint density at radius 3 is 2.04 bits per heavy atom. The van der Waals surface area contributed by atoms with Crippen LogP contribution in [-0.4, -0.2) is 23.0 Å². The van der Waals surface area contributed by atoms with Crippen LogP contribution in [0.15, 0.2) is 18.2 Å². The second-order valence-electron chi connectivity index (χ2n) is 8.35. The molecular formula is C21H33N3. The molecule has 0 aromatic heterocycles. The van der Waals surface area contributed by atoms with Gasteiger partial charge >= 0.3 is 0 Å². The highest BCUT2D eigenvalue weighted by atomic mass is 15.2. The predicted molar refractivity (Wildman–Crippen MR) is 102 cm³/mol. The first-order valence-electron chi connectivity index (χ1n) is 10.2. The van der Waals surface area contributed by atoms with E-state index in [2.05, 4.69) is 17.0 Å².